The fourth-order valence-corrected chi connectivity index (χ4v) is 5.54. The predicted octanol–water partition coefficient (Wildman–Crippen LogP) is 3.48. The van der Waals surface area contributed by atoms with Gasteiger partial charge in [0.2, 0.25) is 5.91 Å². The molecule has 8 nitrogen and oxygen atoms in total. The Morgan fingerprint density at radius 2 is 1.74 bits per heavy atom. The standard InChI is InChI=1S/C25H29N5O3S/c1-17-13-29(14-18(2)33-17)24(31)19-8-10-28(11-9-19)25(32)22-16-34-23(27-22)20-12-26-30(15-20)21-6-4-3-5-7-21/h3-7,12,15-19H,8-11,13-14H2,1-2H3. The Hall–Kier alpha value is -3.04. The van der Waals surface area contributed by atoms with Crippen LogP contribution in [-0.2, 0) is 9.53 Å². The number of ether oxygens (including phenoxy) is 1. The van der Waals surface area contributed by atoms with Crippen molar-refractivity contribution in [2.75, 3.05) is 26.2 Å². The van der Waals surface area contributed by atoms with Crippen LogP contribution in [0.15, 0.2) is 48.1 Å². The highest BCUT2D eigenvalue weighted by molar-refractivity contribution is 7.13. The lowest BCUT2D eigenvalue weighted by Crippen LogP contribution is -2.51. The average molecular weight is 480 g/mol. The second kappa shape index (κ2) is 9.68. The molecule has 2 amide bonds. The molecule has 2 aromatic heterocycles. The number of aromatic nitrogens is 3. The summed E-state index contributed by atoms with van der Waals surface area (Å²) in [5.41, 5.74) is 2.30. The van der Waals surface area contributed by atoms with Crippen molar-refractivity contribution in [1.82, 2.24) is 24.6 Å². The van der Waals surface area contributed by atoms with Crippen LogP contribution in [0.5, 0.6) is 0 Å². The van der Waals surface area contributed by atoms with Crippen molar-refractivity contribution in [2.24, 2.45) is 5.92 Å². The van der Waals surface area contributed by atoms with E-state index in [0.717, 1.165) is 16.3 Å². The molecule has 2 saturated heterocycles. The smallest absolute Gasteiger partial charge is 0.273 e. The summed E-state index contributed by atoms with van der Waals surface area (Å²) >= 11 is 1.44. The van der Waals surface area contributed by atoms with E-state index in [1.54, 1.807) is 10.9 Å². The zero-order valence-electron chi connectivity index (χ0n) is 19.5. The van der Waals surface area contributed by atoms with Crippen LogP contribution in [-0.4, -0.2) is 74.8 Å². The van der Waals surface area contributed by atoms with E-state index in [-0.39, 0.29) is 29.9 Å². The number of nitrogens with zero attached hydrogens (tertiary/aromatic N) is 5. The molecule has 34 heavy (non-hydrogen) atoms. The first kappa shape index (κ1) is 22.7. The van der Waals surface area contributed by atoms with Crippen molar-refractivity contribution in [3.63, 3.8) is 0 Å². The summed E-state index contributed by atoms with van der Waals surface area (Å²) in [7, 11) is 0. The second-order valence-corrected chi connectivity index (χ2v) is 9.97. The summed E-state index contributed by atoms with van der Waals surface area (Å²) in [5, 5.41) is 7.00. The second-order valence-electron chi connectivity index (χ2n) is 9.11. The number of benzene rings is 1. The molecule has 9 heteroatoms. The van der Waals surface area contributed by atoms with Crippen molar-refractivity contribution >= 4 is 23.2 Å². The van der Waals surface area contributed by atoms with Crippen LogP contribution in [0.3, 0.4) is 0 Å². The summed E-state index contributed by atoms with van der Waals surface area (Å²) in [6.45, 7) is 6.44. The molecule has 0 aliphatic carbocycles. The summed E-state index contributed by atoms with van der Waals surface area (Å²) < 4.78 is 7.55. The molecule has 1 aromatic carbocycles. The van der Waals surface area contributed by atoms with Gasteiger partial charge in [0.25, 0.3) is 5.91 Å². The molecule has 2 fully saturated rings. The van der Waals surface area contributed by atoms with Crippen molar-refractivity contribution in [1.29, 1.82) is 0 Å². The van der Waals surface area contributed by atoms with E-state index in [0.29, 0.717) is 44.7 Å². The van der Waals surface area contributed by atoms with E-state index in [2.05, 4.69) is 10.1 Å². The fraction of sp³-hybridized carbons (Fsp3) is 0.440. The lowest BCUT2D eigenvalue weighted by atomic mass is 9.94. The van der Waals surface area contributed by atoms with Crippen LogP contribution in [0.4, 0.5) is 0 Å². The first-order chi connectivity index (χ1) is 16.5. The third-order valence-electron chi connectivity index (χ3n) is 6.44. The monoisotopic (exact) mass is 479 g/mol. The molecule has 0 bridgehead atoms. The van der Waals surface area contributed by atoms with Gasteiger partial charge in [0, 0.05) is 49.2 Å². The van der Waals surface area contributed by atoms with Crippen molar-refractivity contribution < 1.29 is 14.3 Å². The molecule has 0 saturated carbocycles. The number of likely N-dealkylation sites (tertiary alicyclic amines) is 1. The van der Waals surface area contributed by atoms with Crippen molar-refractivity contribution in [3.05, 3.63) is 53.8 Å². The molecule has 0 spiro atoms. The SMILES string of the molecule is CC1CN(C(=O)C2CCN(C(=O)c3csc(-c4cnn(-c5ccccc5)c4)n3)CC2)CC(C)O1. The molecule has 178 valence electrons. The minimum Gasteiger partial charge on any atom is -0.372 e. The first-order valence-corrected chi connectivity index (χ1v) is 12.7. The normalized spacial score (nSPS) is 21.6. The Bertz CT molecular complexity index is 1140. The van der Waals surface area contributed by atoms with E-state index >= 15 is 0 Å². The van der Waals surface area contributed by atoms with Gasteiger partial charge in [0.1, 0.15) is 10.7 Å². The van der Waals surface area contributed by atoms with Crippen LogP contribution < -0.4 is 0 Å². The Morgan fingerprint density at radius 3 is 2.44 bits per heavy atom. The lowest BCUT2D eigenvalue weighted by Gasteiger charge is -2.39. The molecule has 0 radical (unpaired) electrons. The molecule has 5 rings (SSSR count). The average Bonchev–Trinajstić information content (AvgIpc) is 3.53. The van der Waals surface area contributed by atoms with Gasteiger partial charge in [-0.25, -0.2) is 9.67 Å². The Balaban J connectivity index is 1.19. The first-order valence-electron chi connectivity index (χ1n) is 11.8. The molecule has 2 aliphatic heterocycles. The van der Waals surface area contributed by atoms with Crippen LogP contribution in [0.1, 0.15) is 37.2 Å². The van der Waals surface area contributed by atoms with Crippen LogP contribution in [0, 0.1) is 5.92 Å². The number of hydrogen-bond acceptors (Lipinski definition) is 6. The number of rotatable bonds is 4. The molecule has 2 atom stereocenters. The van der Waals surface area contributed by atoms with Gasteiger partial charge < -0.3 is 14.5 Å². The number of piperidine rings is 1. The summed E-state index contributed by atoms with van der Waals surface area (Å²) in [6, 6.07) is 9.88. The van der Waals surface area contributed by atoms with Gasteiger partial charge in [-0.2, -0.15) is 5.10 Å². The summed E-state index contributed by atoms with van der Waals surface area (Å²) in [4.78, 5) is 34.4. The number of thiazole rings is 1. The highest BCUT2D eigenvalue weighted by Gasteiger charge is 2.34. The maximum absolute atomic E-state index is 13.1. The van der Waals surface area contributed by atoms with Gasteiger partial charge in [-0.1, -0.05) is 18.2 Å². The zero-order valence-corrected chi connectivity index (χ0v) is 20.3. The number of amides is 2. The molecular weight excluding hydrogens is 450 g/mol. The highest BCUT2D eigenvalue weighted by Crippen LogP contribution is 2.27. The minimum absolute atomic E-state index is 0.0311. The lowest BCUT2D eigenvalue weighted by molar-refractivity contribution is -0.148. The molecule has 4 heterocycles. The van der Waals surface area contributed by atoms with E-state index in [1.807, 2.05) is 65.6 Å². The molecule has 2 unspecified atom stereocenters. The maximum Gasteiger partial charge on any atom is 0.273 e. The zero-order chi connectivity index (χ0) is 23.7. The number of carbonyl (C=O) groups excluding carboxylic acids is 2. The molecular formula is C25H29N5O3S. The van der Waals surface area contributed by atoms with Gasteiger partial charge in [0.05, 0.1) is 24.1 Å². The van der Waals surface area contributed by atoms with Gasteiger partial charge in [-0.05, 0) is 38.8 Å². The van der Waals surface area contributed by atoms with E-state index < -0.39 is 0 Å². The van der Waals surface area contributed by atoms with Gasteiger partial charge >= 0.3 is 0 Å². The van der Waals surface area contributed by atoms with Crippen LogP contribution >= 0.6 is 11.3 Å². The van der Waals surface area contributed by atoms with Crippen molar-refractivity contribution in [2.45, 2.75) is 38.9 Å². The molecule has 0 N–H and O–H groups in total. The van der Waals surface area contributed by atoms with Gasteiger partial charge in [-0.15, -0.1) is 11.3 Å². The number of carbonyl (C=O) groups is 2. The Kier molecular flexibility index (Phi) is 6.47. The number of para-hydroxylation sites is 1. The number of hydrogen-bond donors (Lipinski definition) is 0. The topological polar surface area (TPSA) is 80.6 Å². The molecule has 2 aliphatic rings. The van der Waals surface area contributed by atoms with Crippen molar-refractivity contribution in [3.8, 4) is 16.3 Å². The van der Waals surface area contributed by atoms with E-state index in [9.17, 15) is 9.59 Å². The third kappa shape index (κ3) is 4.76. The van der Waals surface area contributed by atoms with E-state index in [1.165, 1.54) is 11.3 Å². The Labute approximate surface area is 203 Å². The van der Waals surface area contributed by atoms with Gasteiger partial charge in [0.15, 0.2) is 0 Å². The maximum atomic E-state index is 13.1. The quantitative estimate of drug-likeness (QED) is 0.572. The minimum atomic E-state index is -0.0718. The van der Waals surface area contributed by atoms with Crippen LogP contribution in [0.2, 0.25) is 0 Å². The van der Waals surface area contributed by atoms with Gasteiger partial charge in [-0.3, -0.25) is 9.59 Å². The largest absolute Gasteiger partial charge is 0.372 e. The summed E-state index contributed by atoms with van der Waals surface area (Å²) in [6.07, 6.45) is 5.19. The number of morpholine rings is 1. The Morgan fingerprint density at radius 1 is 1.03 bits per heavy atom. The molecule has 3 aromatic rings. The predicted molar refractivity (Wildman–Crippen MR) is 130 cm³/mol. The fourth-order valence-electron chi connectivity index (χ4n) is 4.77. The highest BCUT2D eigenvalue weighted by atomic mass is 32.1. The van der Waals surface area contributed by atoms with E-state index in [4.69, 9.17) is 4.74 Å². The summed E-state index contributed by atoms with van der Waals surface area (Å²) in [5.74, 6) is 0.0920. The van der Waals surface area contributed by atoms with Crippen LogP contribution in [0.25, 0.3) is 16.3 Å². The third-order valence-corrected chi connectivity index (χ3v) is 7.33.